The number of rotatable bonds is 2. The Kier molecular flexibility index (Phi) is 9.32. The van der Waals surface area contributed by atoms with E-state index in [1.54, 1.807) is 13.2 Å². The van der Waals surface area contributed by atoms with E-state index in [1.807, 2.05) is 39.0 Å². The monoisotopic (exact) mass is 466 g/mol. The summed E-state index contributed by atoms with van der Waals surface area (Å²) in [4.78, 5) is 12.1. The molecule has 1 saturated heterocycles. The van der Waals surface area contributed by atoms with Gasteiger partial charge in [-0.2, -0.15) is 0 Å². The van der Waals surface area contributed by atoms with Gasteiger partial charge >= 0.3 is 0 Å². The Bertz CT molecular complexity index is 910. The van der Waals surface area contributed by atoms with Crippen LogP contribution in [0.3, 0.4) is 0 Å². The Labute approximate surface area is 205 Å². The zero-order valence-electron chi connectivity index (χ0n) is 21.4. The molecule has 34 heavy (non-hydrogen) atoms. The highest BCUT2D eigenvalue weighted by Crippen LogP contribution is 2.54. The van der Waals surface area contributed by atoms with E-state index in [9.17, 15) is 9.90 Å². The number of fused-ring (bicyclic) bond motifs is 4. The van der Waals surface area contributed by atoms with Gasteiger partial charge in [0.2, 0.25) is 0 Å². The smallest absolute Gasteiger partial charge is 0.156 e. The predicted molar refractivity (Wildman–Crippen MR) is 138 cm³/mol. The lowest BCUT2D eigenvalue weighted by atomic mass is 9.62. The van der Waals surface area contributed by atoms with Crippen LogP contribution in [0, 0.1) is 11.8 Å². The minimum Gasteiger partial charge on any atom is -0.497 e. The van der Waals surface area contributed by atoms with Crippen LogP contribution in [0.5, 0.6) is 5.75 Å². The first kappa shape index (κ1) is 26.4. The number of carbonyl (C=O) groups excluding carboxylic acids is 1. The van der Waals surface area contributed by atoms with Crippen molar-refractivity contribution in [2.75, 3.05) is 13.7 Å². The summed E-state index contributed by atoms with van der Waals surface area (Å²) < 4.78 is 11.9. The zero-order valence-corrected chi connectivity index (χ0v) is 21.4. The molecule has 1 aromatic carbocycles. The highest BCUT2D eigenvalue weighted by atomic mass is 16.5. The van der Waals surface area contributed by atoms with Crippen LogP contribution in [0.15, 0.2) is 59.7 Å². The molecule has 0 amide bonds. The van der Waals surface area contributed by atoms with Crippen molar-refractivity contribution in [3.63, 3.8) is 0 Å². The summed E-state index contributed by atoms with van der Waals surface area (Å²) in [6.07, 6.45) is 10.9. The third kappa shape index (κ3) is 5.39. The second kappa shape index (κ2) is 12.0. The molecule has 1 saturated carbocycles. The average molecular weight is 467 g/mol. The van der Waals surface area contributed by atoms with Gasteiger partial charge in [0.25, 0.3) is 0 Å². The van der Waals surface area contributed by atoms with E-state index in [0.29, 0.717) is 18.9 Å². The topological polar surface area (TPSA) is 55.8 Å². The molecule has 2 unspecified atom stereocenters. The van der Waals surface area contributed by atoms with E-state index in [4.69, 9.17) is 9.47 Å². The van der Waals surface area contributed by atoms with Gasteiger partial charge in [-0.3, -0.25) is 4.79 Å². The van der Waals surface area contributed by atoms with Crippen molar-refractivity contribution < 1.29 is 19.4 Å². The zero-order chi connectivity index (χ0) is 24.7. The summed E-state index contributed by atoms with van der Waals surface area (Å²) >= 11 is 0. The number of aliphatic hydroxyl groups is 1. The fraction of sp³-hybridized carbons (Fsp3) is 0.567. The van der Waals surface area contributed by atoms with E-state index < -0.39 is 5.60 Å². The highest BCUT2D eigenvalue weighted by molar-refractivity contribution is 5.93. The van der Waals surface area contributed by atoms with Gasteiger partial charge in [0.15, 0.2) is 5.78 Å². The van der Waals surface area contributed by atoms with Crippen LogP contribution < -0.4 is 4.74 Å². The third-order valence-electron chi connectivity index (χ3n) is 7.57. The first-order chi connectivity index (χ1) is 16.5. The summed E-state index contributed by atoms with van der Waals surface area (Å²) in [5, 5.41) is 11.6. The molecular weight excluding hydrogens is 424 g/mol. The van der Waals surface area contributed by atoms with Crippen LogP contribution in [-0.4, -0.2) is 30.2 Å². The maximum absolute atomic E-state index is 12.1. The number of allylic oxidation sites excluding steroid dienone is 4. The second-order valence-electron chi connectivity index (χ2n) is 9.54. The Hall–Kier alpha value is -2.17. The predicted octanol–water partition coefficient (Wildman–Crippen LogP) is 6.90. The number of hydrogen-bond donors (Lipinski definition) is 1. The van der Waals surface area contributed by atoms with Gasteiger partial charge in [-0.25, -0.2) is 0 Å². The summed E-state index contributed by atoms with van der Waals surface area (Å²) in [5.41, 5.74) is 4.25. The van der Waals surface area contributed by atoms with Crippen LogP contribution in [0.4, 0.5) is 0 Å². The van der Waals surface area contributed by atoms with Crippen molar-refractivity contribution in [1.29, 1.82) is 0 Å². The first-order valence-corrected chi connectivity index (χ1v) is 13.0. The maximum atomic E-state index is 12.1. The van der Waals surface area contributed by atoms with Crippen LogP contribution in [0.2, 0.25) is 0 Å². The van der Waals surface area contributed by atoms with E-state index in [0.717, 1.165) is 49.8 Å². The van der Waals surface area contributed by atoms with Gasteiger partial charge in [0.05, 0.1) is 19.3 Å². The molecule has 186 valence electrons. The molecule has 1 heterocycles. The standard InChI is InChI=1S/C25H30O4.C3H6.C2H6/c1-28-19-9-5-16(6-10-19)24-23-20-12-8-18(26)14-17(20)7-11-21(23)22-4-2-3-13-25(22,27)15-29-24;1-3-2;1-2/h5-6,9-10,14,21-22,24,27H,2-4,7-8,11-13,15H2,1H3;3H,1H2,2H3;1-2H3/t21?,22?,24-,25+;;/m0../s1. The van der Waals surface area contributed by atoms with Crippen molar-refractivity contribution in [3.05, 3.63) is 65.3 Å². The fourth-order valence-corrected chi connectivity index (χ4v) is 6.15. The van der Waals surface area contributed by atoms with E-state index in [2.05, 4.69) is 18.7 Å². The van der Waals surface area contributed by atoms with Gasteiger partial charge in [-0.05, 0) is 91.4 Å². The van der Waals surface area contributed by atoms with Crippen LogP contribution >= 0.6 is 0 Å². The molecule has 4 atom stereocenters. The Morgan fingerprint density at radius 2 is 1.82 bits per heavy atom. The average Bonchev–Trinajstić information content (AvgIpc) is 2.99. The van der Waals surface area contributed by atoms with Gasteiger partial charge in [0.1, 0.15) is 11.9 Å². The van der Waals surface area contributed by atoms with Crippen LogP contribution in [-0.2, 0) is 9.53 Å². The lowest BCUT2D eigenvalue weighted by molar-refractivity contribution is -0.114. The third-order valence-corrected chi connectivity index (χ3v) is 7.57. The highest BCUT2D eigenvalue weighted by Gasteiger charge is 2.50. The van der Waals surface area contributed by atoms with Gasteiger partial charge in [0, 0.05) is 6.42 Å². The number of carbonyl (C=O) groups is 1. The van der Waals surface area contributed by atoms with Crippen molar-refractivity contribution in [2.24, 2.45) is 11.8 Å². The first-order valence-electron chi connectivity index (χ1n) is 13.0. The molecule has 0 aromatic heterocycles. The molecular formula is C30H42O4. The van der Waals surface area contributed by atoms with Gasteiger partial charge in [-0.15, -0.1) is 6.58 Å². The van der Waals surface area contributed by atoms with E-state index in [1.165, 1.54) is 23.1 Å². The SMILES string of the molecule is C=CC.CC.COc1ccc([C@@H]2OC[C@]3(O)CCCCC3C3CCC4=CC(=O)CCC4=C32)cc1. The maximum Gasteiger partial charge on any atom is 0.156 e. The van der Waals surface area contributed by atoms with Gasteiger partial charge < -0.3 is 14.6 Å². The summed E-state index contributed by atoms with van der Waals surface area (Å²) in [6, 6.07) is 8.13. The molecule has 1 N–H and O–H groups in total. The molecule has 0 bridgehead atoms. The van der Waals surface area contributed by atoms with Crippen molar-refractivity contribution >= 4 is 5.78 Å². The number of hydrogen-bond acceptors (Lipinski definition) is 4. The molecule has 5 rings (SSSR count). The summed E-state index contributed by atoms with van der Waals surface area (Å²) in [6.45, 7) is 9.64. The molecule has 1 aromatic rings. The van der Waals surface area contributed by atoms with Crippen LogP contribution in [0.1, 0.15) is 83.8 Å². The molecule has 4 nitrogen and oxygen atoms in total. The lowest BCUT2D eigenvalue weighted by Crippen LogP contribution is -2.47. The van der Waals surface area contributed by atoms with Crippen molar-refractivity contribution in [1.82, 2.24) is 0 Å². The number of benzene rings is 1. The Morgan fingerprint density at radius 1 is 1.12 bits per heavy atom. The van der Waals surface area contributed by atoms with Gasteiger partial charge in [-0.1, -0.05) is 44.9 Å². The second-order valence-corrected chi connectivity index (χ2v) is 9.54. The number of methoxy groups -OCH3 is 1. The Balaban J connectivity index is 0.000000603. The number of ketones is 1. The largest absolute Gasteiger partial charge is 0.497 e. The molecule has 3 aliphatic carbocycles. The molecule has 4 aliphatic rings. The van der Waals surface area contributed by atoms with Crippen LogP contribution in [0.25, 0.3) is 0 Å². The molecule has 0 radical (unpaired) electrons. The Morgan fingerprint density at radius 3 is 2.50 bits per heavy atom. The van der Waals surface area contributed by atoms with Crippen molar-refractivity contribution in [3.8, 4) is 5.75 Å². The minimum absolute atomic E-state index is 0.160. The lowest BCUT2D eigenvalue weighted by Gasteiger charge is -2.44. The quantitative estimate of drug-likeness (QED) is 0.482. The molecule has 0 spiro atoms. The summed E-state index contributed by atoms with van der Waals surface area (Å²) in [5.74, 6) is 1.65. The summed E-state index contributed by atoms with van der Waals surface area (Å²) in [7, 11) is 1.68. The number of ether oxygens (including phenoxy) is 2. The van der Waals surface area contributed by atoms with E-state index >= 15 is 0 Å². The fourth-order valence-electron chi connectivity index (χ4n) is 6.15. The molecule has 1 aliphatic heterocycles. The van der Waals surface area contributed by atoms with Crippen molar-refractivity contribution in [2.45, 2.75) is 83.8 Å². The molecule has 2 fully saturated rings. The normalized spacial score (nSPS) is 30.0. The molecule has 4 heteroatoms. The van der Waals surface area contributed by atoms with E-state index in [-0.39, 0.29) is 17.8 Å². The minimum atomic E-state index is -0.734.